The molecule has 0 aliphatic rings. The molecule has 0 saturated carbocycles. The van der Waals surface area contributed by atoms with Crippen molar-refractivity contribution in [2.24, 2.45) is 22.0 Å². The van der Waals surface area contributed by atoms with Gasteiger partial charge in [-0.15, -0.1) is 0 Å². The van der Waals surface area contributed by atoms with E-state index in [2.05, 4.69) is 0 Å². The first kappa shape index (κ1) is 33.1. The van der Waals surface area contributed by atoms with Gasteiger partial charge in [-0.1, -0.05) is 19.9 Å². The molecule has 1 atom stereocenters. The summed E-state index contributed by atoms with van der Waals surface area (Å²) in [5, 5.41) is 0. The van der Waals surface area contributed by atoms with Crippen LogP contribution in [0.2, 0.25) is 0 Å². The Labute approximate surface area is 226 Å². The van der Waals surface area contributed by atoms with E-state index in [1.807, 2.05) is 13.8 Å². The van der Waals surface area contributed by atoms with E-state index in [4.69, 9.17) is 24.7 Å². The fourth-order valence-corrected chi connectivity index (χ4v) is 2.96. The van der Waals surface area contributed by atoms with Gasteiger partial charge >= 0.3 is 23.9 Å². The number of ether oxygens (including phenoxy) is 4. The first-order valence-corrected chi connectivity index (χ1v) is 12.9. The zero-order chi connectivity index (χ0) is 29.5. The van der Waals surface area contributed by atoms with E-state index < -0.39 is 45.7 Å². The third-order valence-electron chi connectivity index (χ3n) is 6.79. The van der Waals surface area contributed by atoms with Crippen LogP contribution in [0.1, 0.15) is 87.1 Å². The number of rotatable bonds is 12. The summed E-state index contributed by atoms with van der Waals surface area (Å²) in [5.74, 6) is -1.94. The van der Waals surface area contributed by atoms with Crippen molar-refractivity contribution in [1.82, 2.24) is 0 Å². The zero-order valence-corrected chi connectivity index (χ0v) is 24.6. The summed E-state index contributed by atoms with van der Waals surface area (Å²) < 4.78 is 21.6. The van der Waals surface area contributed by atoms with E-state index >= 15 is 0 Å². The number of hydrogen-bond acceptors (Lipinski definition) is 9. The van der Waals surface area contributed by atoms with Crippen LogP contribution in [0.5, 0.6) is 11.5 Å². The average molecular weight is 536 g/mol. The van der Waals surface area contributed by atoms with Gasteiger partial charge in [0.05, 0.1) is 30.0 Å². The van der Waals surface area contributed by atoms with Crippen LogP contribution < -0.4 is 15.2 Å². The van der Waals surface area contributed by atoms with Crippen molar-refractivity contribution in [2.45, 2.75) is 93.5 Å². The Bertz CT molecular complexity index is 1020. The lowest BCUT2D eigenvalue weighted by molar-refractivity contribution is -0.156. The molecule has 0 heterocycles. The molecule has 0 radical (unpaired) electrons. The minimum absolute atomic E-state index is 0.000900. The molecular formula is C29H45NO8. The van der Waals surface area contributed by atoms with Gasteiger partial charge in [-0.2, -0.15) is 0 Å². The van der Waals surface area contributed by atoms with Gasteiger partial charge in [-0.25, -0.2) is 0 Å². The second kappa shape index (κ2) is 12.7. The average Bonchev–Trinajstić information content (AvgIpc) is 2.83. The van der Waals surface area contributed by atoms with Gasteiger partial charge in [0.25, 0.3) is 0 Å². The molecule has 2 N–H and O–H groups in total. The van der Waals surface area contributed by atoms with Crippen molar-refractivity contribution in [3.05, 3.63) is 23.8 Å². The summed E-state index contributed by atoms with van der Waals surface area (Å²) in [6.45, 7) is 15.9. The van der Waals surface area contributed by atoms with Crippen LogP contribution in [0, 0.1) is 16.2 Å². The molecular weight excluding hydrogens is 490 g/mol. The molecule has 0 amide bonds. The molecule has 1 aromatic rings. The molecule has 0 unspecified atom stereocenters. The van der Waals surface area contributed by atoms with E-state index in [9.17, 15) is 19.2 Å². The number of benzene rings is 1. The van der Waals surface area contributed by atoms with Gasteiger partial charge in [-0.05, 0) is 79.0 Å². The number of nitrogens with two attached hydrogens (primary N) is 1. The van der Waals surface area contributed by atoms with Crippen LogP contribution in [0.15, 0.2) is 18.2 Å². The molecule has 0 aliphatic heterocycles. The Balaban J connectivity index is 3.36. The van der Waals surface area contributed by atoms with E-state index in [1.54, 1.807) is 54.5 Å². The van der Waals surface area contributed by atoms with Crippen LogP contribution in [0.25, 0.3) is 0 Å². The summed E-state index contributed by atoms with van der Waals surface area (Å²) in [6.07, 6.45) is 1.08. The molecule has 9 heteroatoms. The summed E-state index contributed by atoms with van der Waals surface area (Å²) in [4.78, 5) is 50.4. The van der Waals surface area contributed by atoms with Gasteiger partial charge in [-0.3, -0.25) is 19.2 Å². The lowest BCUT2D eigenvalue weighted by atomic mass is 9.88. The topological polar surface area (TPSA) is 131 Å². The summed E-state index contributed by atoms with van der Waals surface area (Å²) in [6, 6.07) is 4.67. The maximum Gasteiger partial charge on any atom is 0.326 e. The molecule has 1 aromatic carbocycles. The predicted molar refractivity (Wildman–Crippen MR) is 144 cm³/mol. The highest BCUT2D eigenvalue weighted by Crippen LogP contribution is 2.35. The van der Waals surface area contributed by atoms with Gasteiger partial charge in [0.1, 0.15) is 5.54 Å². The molecule has 0 aliphatic carbocycles. The molecule has 0 fully saturated rings. The van der Waals surface area contributed by atoms with Gasteiger partial charge in [0, 0.05) is 12.8 Å². The van der Waals surface area contributed by atoms with Gasteiger partial charge < -0.3 is 24.7 Å². The molecule has 0 saturated heterocycles. The summed E-state index contributed by atoms with van der Waals surface area (Å²) in [5.41, 5.74) is 3.24. The Morgan fingerprint density at radius 2 is 1.26 bits per heavy atom. The van der Waals surface area contributed by atoms with Crippen molar-refractivity contribution >= 4 is 23.9 Å². The predicted octanol–water partition coefficient (Wildman–Crippen LogP) is 4.76. The van der Waals surface area contributed by atoms with Gasteiger partial charge in [0.2, 0.25) is 0 Å². The Hall–Kier alpha value is -2.94. The smallest absolute Gasteiger partial charge is 0.326 e. The molecule has 9 nitrogen and oxygen atoms in total. The minimum atomic E-state index is -1.53. The molecule has 38 heavy (non-hydrogen) atoms. The Morgan fingerprint density at radius 1 is 0.763 bits per heavy atom. The van der Waals surface area contributed by atoms with Crippen molar-refractivity contribution in [2.75, 3.05) is 13.7 Å². The zero-order valence-electron chi connectivity index (χ0n) is 24.6. The molecule has 0 aromatic heterocycles. The maximum atomic E-state index is 12.9. The SMILES string of the molecule is CCC(C)(C)C(=O)Oc1ccc(C[C@](N)(CCOC(=O)C(C)(C)C)C(=O)OC)cc1OC(=O)C(C)(C)CC. The van der Waals surface area contributed by atoms with Crippen LogP contribution >= 0.6 is 0 Å². The molecule has 214 valence electrons. The van der Waals surface area contributed by atoms with E-state index in [0.29, 0.717) is 18.4 Å². The number of carbonyl (C=O) groups excluding carboxylic acids is 4. The Morgan fingerprint density at radius 3 is 1.71 bits per heavy atom. The lowest BCUT2D eigenvalue weighted by Crippen LogP contribution is -2.51. The largest absolute Gasteiger partial charge is 0.468 e. The fourth-order valence-electron chi connectivity index (χ4n) is 2.96. The quantitative estimate of drug-likeness (QED) is 0.297. The maximum absolute atomic E-state index is 12.9. The number of esters is 4. The van der Waals surface area contributed by atoms with E-state index in [0.717, 1.165) is 0 Å². The normalized spacial score (nSPS) is 13.8. The standard InChI is InChI=1S/C29H45NO8/c1-11-27(6,7)23(32)37-20-14-13-19(17-21(20)38-24(33)28(8,9)12-2)18-29(30,25(34)35-10)15-16-36-22(31)26(3,4)5/h13-14,17H,11-12,15-16,18,30H2,1-10H3/t29-/m1/s1. The third-order valence-corrected chi connectivity index (χ3v) is 6.79. The number of carbonyl (C=O) groups is 4. The second-order valence-electron chi connectivity index (χ2n) is 12.0. The minimum Gasteiger partial charge on any atom is -0.468 e. The second-order valence-corrected chi connectivity index (χ2v) is 12.0. The van der Waals surface area contributed by atoms with Crippen molar-refractivity contribution in [1.29, 1.82) is 0 Å². The van der Waals surface area contributed by atoms with Crippen LogP contribution in [0.4, 0.5) is 0 Å². The van der Waals surface area contributed by atoms with Gasteiger partial charge in [0.15, 0.2) is 11.5 Å². The van der Waals surface area contributed by atoms with E-state index in [1.165, 1.54) is 19.2 Å². The monoisotopic (exact) mass is 535 g/mol. The highest BCUT2D eigenvalue weighted by molar-refractivity contribution is 5.82. The first-order chi connectivity index (χ1) is 17.3. The van der Waals surface area contributed by atoms with E-state index in [-0.39, 0.29) is 30.9 Å². The Kier molecular flexibility index (Phi) is 11.1. The van der Waals surface area contributed by atoms with Crippen LogP contribution in [0.3, 0.4) is 0 Å². The summed E-state index contributed by atoms with van der Waals surface area (Å²) >= 11 is 0. The number of hydrogen-bond donors (Lipinski definition) is 1. The molecule has 0 spiro atoms. The first-order valence-electron chi connectivity index (χ1n) is 12.9. The van der Waals surface area contributed by atoms with Crippen molar-refractivity contribution in [3.8, 4) is 11.5 Å². The summed E-state index contributed by atoms with van der Waals surface area (Å²) in [7, 11) is 1.23. The van der Waals surface area contributed by atoms with Crippen LogP contribution in [-0.4, -0.2) is 43.1 Å². The fraction of sp³-hybridized carbons (Fsp3) is 0.655. The molecule has 1 rings (SSSR count). The highest BCUT2D eigenvalue weighted by Gasteiger charge is 2.37. The lowest BCUT2D eigenvalue weighted by Gasteiger charge is -2.28. The third kappa shape index (κ3) is 8.82. The van der Waals surface area contributed by atoms with Crippen LogP contribution in [-0.2, 0) is 35.1 Å². The molecule has 0 bridgehead atoms. The van der Waals surface area contributed by atoms with Crippen molar-refractivity contribution in [3.63, 3.8) is 0 Å². The van der Waals surface area contributed by atoms with Crippen molar-refractivity contribution < 1.29 is 38.1 Å². The highest BCUT2D eigenvalue weighted by atomic mass is 16.6. The number of methoxy groups -OCH3 is 1.